The molecule has 0 aromatic rings. The van der Waals surface area contributed by atoms with Crippen LogP contribution in [0.25, 0.3) is 0 Å². The molecule has 1 amide bonds. The summed E-state index contributed by atoms with van der Waals surface area (Å²) < 4.78 is 5.22. The number of hydrogen-bond donors (Lipinski definition) is 2. The topological polar surface area (TPSA) is 81.4 Å². The zero-order valence-electron chi connectivity index (χ0n) is 11.2. The Hall–Kier alpha value is -1.10. The normalized spacial score (nSPS) is 13.2. The number of nitrogens with two attached hydrogens (primary N) is 1. The molecule has 0 rings (SSSR count). The zero-order chi connectivity index (χ0) is 13.5. The van der Waals surface area contributed by atoms with Crippen LogP contribution in [0.1, 0.15) is 47.0 Å². The van der Waals surface area contributed by atoms with E-state index in [1.54, 1.807) is 6.92 Å². The lowest BCUT2D eigenvalue weighted by Crippen LogP contribution is -2.39. The van der Waals surface area contributed by atoms with Gasteiger partial charge >= 0.3 is 5.97 Å². The van der Waals surface area contributed by atoms with Crippen molar-refractivity contribution in [3.05, 3.63) is 0 Å². The van der Waals surface area contributed by atoms with E-state index in [0.29, 0.717) is 13.0 Å². The van der Waals surface area contributed by atoms with Gasteiger partial charge in [-0.05, 0) is 47.1 Å². The molecule has 100 valence electrons. The Labute approximate surface area is 103 Å². The SMILES string of the molecule is CC(NCCCCC(N)=O)C(=O)OC(C)(C)C. The van der Waals surface area contributed by atoms with Gasteiger partial charge in [0.05, 0.1) is 0 Å². The largest absolute Gasteiger partial charge is 0.459 e. The van der Waals surface area contributed by atoms with Gasteiger partial charge in [0, 0.05) is 6.42 Å². The Morgan fingerprint density at radius 3 is 2.35 bits per heavy atom. The van der Waals surface area contributed by atoms with Crippen LogP contribution in [0.15, 0.2) is 0 Å². The molecule has 3 N–H and O–H groups in total. The van der Waals surface area contributed by atoms with E-state index in [0.717, 1.165) is 12.8 Å². The molecule has 1 atom stereocenters. The summed E-state index contributed by atoms with van der Waals surface area (Å²) in [5, 5.41) is 3.05. The van der Waals surface area contributed by atoms with Crippen LogP contribution >= 0.6 is 0 Å². The first-order valence-corrected chi connectivity index (χ1v) is 5.97. The summed E-state index contributed by atoms with van der Waals surface area (Å²) in [5.41, 5.74) is 4.56. The minimum Gasteiger partial charge on any atom is -0.459 e. The molecular formula is C12H24N2O3. The lowest BCUT2D eigenvalue weighted by atomic mass is 10.2. The minimum absolute atomic E-state index is 0.257. The van der Waals surface area contributed by atoms with Crippen LogP contribution in [0.4, 0.5) is 0 Å². The van der Waals surface area contributed by atoms with Crippen LogP contribution in [0, 0.1) is 0 Å². The number of carbonyl (C=O) groups excluding carboxylic acids is 2. The average Bonchev–Trinajstić information content (AvgIpc) is 2.13. The molecule has 0 aliphatic heterocycles. The van der Waals surface area contributed by atoms with Crippen molar-refractivity contribution in [2.24, 2.45) is 5.73 Å². The van der Waals surface area contributed by atoms with Crippen LogP contribution in [-0.2, 0) is 14.3 Å². The Morgan fingerprint density at radius 1 is 1.29 bits per heavy atom. The molecule has 5 heteroatoms. The summed E-state index contributed by atoms with van der Waals surface area (Å²) in [6.07, 6.45) is 1.95. The summed E-state index contributed by atoms with van der Waals surface area (Å²) in [6, 6.07) is -0.331. The van der Waals surface area contributed by atoms with E-state index >= 15 is 0 Å². The fraction of sp³-hybridized carbons (Fsp3) is 0.833. The number of rotatable bonds is 7. The molecule has 0 aliphatic rings. The molecule has 0 aliphatic carbocycles. The molecule has 0 radical (unpaired) electrons. The Bertz CT molecular complexity index is 259. The zero-order valence-corrected chi connectivity index (χ0v) is 11.2. The number of amides is 1. The number of unbranched alkanes of at least 4 members (excludes halogenated alkanes) is 1. The van der Waals surface area contributed by atoms with Crippen molar-refractivity contribution in [3.8, 4) is 0 Å². The second-order valence-corrected chi connectivity index (χ2v) is 5.13. The number of carbonyl (C=O) groups is 2. The van der Waals surface area contributed by atoms with Gasteiger partial charge in [-0.25, -0.2) is 0 Å². The van der Waals surface area contributed by atoms with Crippen molar-refractivity contribution in [1.82, 2.24) is 5.32 Å². The third-order valence-corrected chi connectivity index (χ3v) is 2.06. The fourth-order valence-electron chi connectivity index (χ4n) is 1.22. The third kappa shape index (κ3) is 9.81. The van der Waals surface area contributed by atoms with Crippen LogP contribution in [0.3, 0.4) is 0 Å². The molecule has 0 bridgehead atoms. The van der Waals surface area contributed by atoms with Gasteiger partial charge in [0.1, 0.15) is 11.6 Å². The van der Waals surface area contributed by atoms with Gasteiger partial charge < -0.3 is 15.8 Å². The number of hydrogen-bond acceptors (Lipinski definition) is 4. The lowest BCUT2D eigenvalue weighted by molar-refractivity contribution is -0.157. The Kier molecular flexibility index (Phi) is 6.80. The summed E-state index contributed by atoms with van der Waals surface area (Å²) in [7, 11) is 0. The molecule has 0 saturated heterocycles. The van der Waals surface area contributed by atoms with E-state index < -0.39 is 5.60 Å². The van der Waals surface area contributed by atoms with E-state index in [2.05, 4.69) is 5.32 Å². The van der Waals surface area contributed by atoms with Gasteiger partial charge in [-0.1, -0.05) is 0 Å². The van der Waals surface area contributed by atoms with E-state index in [1.807, 2.05) is 20.8 Å². The number of nitrogens with one attached hydrogen (secondary N) is 1. The monoisotopic (exact) mass is 244 g/mol. The summed E-state index contributed by atoms with van der Waals surface area (Å²) in [5.74, 6) is -0.544. The number of primary amides is 1. The molecule has 0 spiro atoms. The highest BCUT2D eigenvalue weighted by atomic mass is 16.6. The van der Waals surface area contributed by atoms with Crippen LogP contribution in [0.5, 0.6) is 0 Å². The van der Waals surface area contributed by atoms with E-state index in [4.69, 9.17) is 10.5 Å². The third-order valence-electron chi connectivity index (χ3n) is 2.06. The number of esters is 1. The van der Waals surface area contributed by atoms with Gasteiger partial charge in [-0.2, -0.15) is 0 Å². The Morgan fingerprint density at radius 2 is 1.88 bits per heavy atom. The first kappa shape index (κ1) is 15.9. The quantitative estimate of drug-likeness (QED) is 0.516. The van der Waals surface area contributed by atoms with Gasteiger partial charge in [0.25, 0.3) is 0 Å². The first-order chi connectivity index (χ1) is 7.72. The van der Waals surface area contributed by atoms with Crippen LogP contribution in [-0.4, -0.2) is 30.1 Å². The molecule has 17 heavy (non-hydrogen) atoms. The average molecular weight is 244 g/mol. The highest BCUT2D eigenvalue weighted by molar-refractivity contribution is 5.75. The maximum Gasteiger partial charge on any atom is 0.323 e. The maximum atomic E-state index is 11.6. The van der Waals surface area contributed by atoms with Crippen molar-refractivity contribution in [1.29, 1.82) is 0 Å². The molecule has 0 aromatic heterocycles. The van der Waals surface area contributed by atoms with Gasteiger partial charge in [-0.15, -0.1) is 0 Å². The maximum absolute atomic E-state index is 11.6. The minimum atomic E-state index is -0.459. The molecule has 0 aromatic carbocycles. The van der Waals surface area contributed by atoms with Gasteiger partial charge in [0.15, 0.2) is 0 Å². The molecule has 0 heterocycles. The number of ether oxygens (including phenoxy) is 1. The molecule has 0 fully saturated rings. The van der Waals surface area contributed by atoms with Crippen molar-refractivity contribution in [2.75, 3.05) is 6.54 Å². The molecular weight excluding hydrogens is 220 g/mol. The molecule has 0 saturated carbocycles. The second-order valence-electron chi connectivity index (χ2n) is 5.13. The standard InChI is InChI=1S/C12H24N2O3/c1-9(11(16)17-12(2,3)4)14-8-6-5-7-10(13)15/h9,14H,5-8H2,1-4H3,(H2,13,15). The van der Waals surface area contributed by atoms with Crippen molar-refractivity contribution >= 4 is 11.9 Å². The van der Waals surface area contributed by atoms with Crippen molar-refractivity contribution in [2.45, 2.75) is 58.6 Å². The van der Waals surface area contributed by atoms with Gasteiger partial charge in [-0.3, -0.25) is 9.59 Å². The molecule has 5 nitrogen and oxygen atoms in total. The summed E-state index contributed by atoms with van der Waals surface area (Å²) in [4.78, 5) is 22.1. The van der Waals surface area contributed by atoms with Crippen molar-refractivity contribution < 1.29 is 14.3 Å². The van der Waals surface area contributed by atoms with Crippen molar-refractivity contribution in [3.63, 3.8) is 0 Å². The predicted molar refractivity (Wildman–Crippen MR) is 66.4 cm³/mol. The highest BCUT2D eigenvalue weighted by Gasteiger charge is 2.20. The summed E-state index contributed by atoms with van der Waals surface area (Å²) in [6.45, 7) is 7.95. The summed E-state index contributed by atoms with van der Waals surface area (Å²) >= 11 is 0. The van der Waals surface area contributed by atoms with E-state index in [1.165, 1.54) is 0 Å². The first-order valence-electron chi connectivity index (χ1n) is 5.97. The predicted octanol–water partition coefficient (Wildman–Crippen LogP) is 0.962. The smallest absolute Gasteiger partial charge is 0.323 e. The Balaban J connectivity index is 3.68. The lowest BCUT2D eigenvalue weighted by Gasteiger charge is -2.22. The van der Waals surface area contributed by atoms with E-state index in [9.17, 15) is 9.59 Å². The van der Waals surface area contributed by atoms with Crippen LogP contribution < -0.4 is 11.1 Å². The second kappa shape index (κ2) is 7.27. The fourth-order valence-corrected chi connectivity index (χ4v) is 1.22. The molecule has 1 unspecified atom stereocenters. The highest BCUT2D eigenvalue weighted by Crippen LogP contribution is 2.08. The van der Waals surface area contributed by atoms with Gasteiger partial charge in [0.2, 0.25) is 5.91 Å². The van der Waals surface area contributed by atoms with Crippen LogP contribution in [0.2, 0.25) is 0 Å². The van der Waals surface area contributed by atoms with E-state index in [-0.39, 0.29) is 17.9 Å².